The molecule has 1 aromatic heterocycles. The Labute approximate surface area is 118 Å². The van der Waals surface area contributed by atoms with Crippen LogP contribution in [0.15, 0.2) is 48.8 Å². The fourth-order valence-electron chi connectivity index (χ4n) is 2.78. The molecule has 1 aromatic carbocycles. The number of benzene rings is 1. The SMILES string of the molecule is NC(Cc1ccncc1Cl)C1(c2ccccc2)CC1. The highest BCUT2D eigenvalue weighted by molar-refractivity contribution is 6.31. The highest BCUT2D eigenvalue weighted by atomic mass is 35.5. The number of aromatic nitrogens is 1. The lowest BCUT2D eigenvalue weighted by Crippen LogP contribution is -2.36. The van der Waals surface area contributed by atoms with Crippen molar-refractivity contribution in [1.29, 1.82) is 0 Å². The first-order chi connectivity index (χ1) is 9.22. The van der Waals surface area contributed by atoms with Gasteiger partial charge < -0.3 is 5.73 Å². The lowest BCUT2D eigenvalue weighted by molar-refractivity contribution is 0.514. The summed E-state index contributed by atoms with van der Waals surface area (Å²) < 4.78 is 0. The van der Waals surface area contributed by atoms with Gasteiger partial charge in [0.15, 0.2) is 0 Å². The zero-order valence-corrected chi connectivity index (χ0v) is 11.5. The second kappa shape index (κ2) is 4.95. The van der Waals surface area contributed by atoms with Crippen LogP contribution in [0.4, 0.5) is 0 Å². The van der Waals surface area contributed by atoms with Crippen molar-refractivity contribution in [2.75, 3.05) is 0 Å². The Morgan fingerprint density at radius 3 is 2.58 bits per heavy atom. The van der Waals surface area contributed by atoms with E-state index in [-0.39, 0.29) is 11.5 Å². The number of nitrogens with zero attached hydrogens (tertiary/aromatic N) is 1. The minimum absolute atomic E-state index is 0.106. The molecule has 3 heteroatoms. The van der Waals surface area contributed by atoms with Gasteiger partial charge in [0.25, 0.3) is 0 Å². The molecule has 0 saturated heterocycles. The molecule has 98 valence electrons. The Morgan fingerprint density at radius 2 is 1.95 bits per heavy atom. The molecule has 1 aliphatic carbocycles. The zero-order chi connectivity index (χ0) is 13.3. The van der Waals surface area contributed by atoms with Gasteiger partial charge in [0, 0.05) is 23.9 Å². The Balaban J connectivity index is 1.82. The Bertz CT molecular complexity index is 564. The van der Waals surface area contributed by atoms with Crippen LogP contribution in [0.2, 0.25) is 5.02 Å². The molecule has 0 radical (unpaired) electrons. The van der Waals surface area contributed by atoms with Gasteiger partial charge in [-0.25, -0.2) is 0 Å². The maximum Gasteiger partial charge on any atom is 0.0621 e. The van der Waals surface area contributed by atoms with E-state index in [1.54, 1.807) is 12.4 Å². The summed E-state index contributed by atoms with van der Waals surface area (Å²) in [6, 6.07) is 12.6. The van der Waals surface area contributed by atoms with Crippen molar-refractivity contribution in [2.24, 2.45) is 5.73 Å². The number of pyridine rings is 1. The number of hydrogen-bond donors (Lipinski definition) is 1. The monoisotopic (exact) mass is 272 g/mol. The second-order valence-electron chi connectivity index (χ2n) is 5.30. The summed E-state index contributed by atoms with van der Waals surface area (Å²) in [5.41, 5.74) is 9.06. The summed E-state index contributed by atoms with van der Waals surface area (Å²) in [7, 11) is 0. The lowest BCUT2D eigenvalue weighted by Gasteiger charge is -2.24. The normalized spacial score (nSPS) is 18.0. The van der Waals surface area contributed by atoms with Crippen LogP contribution in [0.25, 0.3) is 0 Å². The van der Waals surface area contributed by atoms with E-state index in [0.29, 0.717) is 5.02 Å². The summed E-state index contributed by atoms with van der Waals surface area (Å²) in [5.74, 6) is 0. The molecule has 0 aliphatic heterocycles. The van der Waals surface area contributed by atoms with E-state index in [4.69, 9.17) is 17.3 Å². The average molecular weight is 273 g/mol. The van der Waals surface area contributed by atoms with E-state index in [0.717, 1.165) is 12.0 Å². The molecule has 1 fully saturated rings. The fourth-order valence-corrected chi connectivity index (χ4v) is 2.98. The Kier molecular flexibility index (Phi) is 3.29. The summed E-state index contributed by atoms with van der Waals surface area (Å²) >= 11 is 6.17. The number of rotatable bonds is 4. The zero-order valence-electron chi connectivity index (χ0n) is 10.7. The maximum atomic E-state index is 6.47. The minimum Gasteiger partial charge on any atom is -0.327 e. The molecule has 19 heavy (non-hydrogen) atoms. The molecule has 1 unspecified atom stereocenters. The quantitative estimate of drug-likeness (QED) is 0.927. The van der Waals surface area contributed by atoms with Crippen molar-refractivity contribution in [3.8, 4) is 0 Å². The van der Waals surface area contributed by atoms with Crippen LogP contribution in [0.1, 0.15) is 24.0 Å². The van der Waals surface area contributed by atoms with Crippen LogP contribution in [0, 0.1) is 0 Å². The van der Waals surface area contributed by atoms with Crippen LogP contribution in [-0.2, 0) is 11.8 Å². The van der Waals surface area contributed by atoms with Gasteiger partial charge in [0.1, 0.15) is 0 Å². The first-order valence-corrected chi connectivity index (χ1v) is 7.00. The van der Waals surface area contributed by atoms with E-state index >= 15 is 0 Å². The summed E-state index contributed by atoms with van der Waals surface area (Å²) in [4.78, 5) is 4.02. The van der Waals surface area contributed by atoms with E-state index in [1.807, 2.05) is 12.1 Å². The molecule has 1 heterocycles. The molecular formula is C16H17ClN2. The second-order valence-corrected chi connectivity index (χ2v) is 5.71. The molecule has 2 aromatic rings. The van der Waals surface area contributed by atoms with Crippen molar-refractivity contribution in [3.05, 3.63) is 64.9 Å². The smallest absolute Gasteiger partial charge is 0.0621 e. The van der Waals surface area contributed by atoms with Gasteiger partial charge in [-0.2, -0.15) is 0 Å². The van der Waals surface area contributed by atoms with Crippen molar-refractivity contribution in [3.63, 3.8) is 0 Å². The van der Waals surface area contributed by atoms with Gasteiger partial charge in [-0.15, -0.1) is 0 Å². The summed E-state index contributed by atoms with van der Waals surface area (Å²) in [6.45, 7) is 0. The molecule has 1 aliphatic rings. The standard InChI is InChI=1S/C16H17ClN2/c17-14-11-19-9-6-12(14)10-15(18)16(7-8-16)13-4-2-1-3-5-13/h1-6,9,11,15H,7-8,10,18H2. The van der Waals surface area contributed by atoms with Crippen molar-refractivity contribution >= 4 is 11.6 Å². The first-order valence-electron chi connectivity index (χ1n) is 6.62. The molecule has 1 saturated carbocycles. The van der Waals surface area contributed by atoms with E-state index < -0.39 is 0 Å². The number of nitrogens with two attached hydrogens (primary N) is 1. The van der Waals surface area contributed by atoms with E-state index in [2.05, 4.69) is 29.2 Å². The number of halogens is 1. The predicted molar refractivity (Wildman–Crippen MR) is 78.3 cm³/mol. The molecule has 0 bridgehead atoms. The van der Waals surface area contributed by atoms with Crippen LogP contribution in [-0.4, -0.2) is 11.0 Å². The third kappa shape index (κ3) is 2.38. The van der Waals surface area contributed by atoms with Crippen molar-refractivity contribution < 1.29 is 0 Å². The topological polar surface area (TPSA) is 38.9 Å². The predicted octanol–water partition coefficient (Wildman–Crippen LogP) is 3.34. The minimum atomic E-state index is 0.106. The largest absolute Gasteiger partial charge is 0.327 e. The van der Waals surface area contributed by atoms with Gasteiger partial charge in [-0.05, 0) is 36.5 Å². The Hall–Kier alpha value is -1.38. The first kappa shape index (κ1) is 12.6. The average Bonchev–Trinajstić information content (AvgIpc) is 3.24. The van der Waals surface area contributed by atoms with Crippen molar-refractivity contribution in [1.82, 2.24) is 4.98 Å². The van der Waals surface area contributed by atoms with Crippen molar-refractivity contribution in [2.45, 2.75) is 30.7 Å². The Morgan fingerprint density at radius 1 is 1.21 bits per heavy atom. The third-order valence-electron chi connectivity index (χ3n) is 4.14. The highest BCUT2D eigenvalue weighted by Gasteiger charge is 2.48. The molecule has 2 N–H and O–H groups in total. The third-order valence-corrected chi connectivity index (χ3v) is 4.48. The van der Waals surface area contributed by atoms with Crippen LogP contribution in [0.3, 0.4) is 0 Å². The summed E-state index contributed by atoms with van der Waals surface area (Å²) in [5, 5.41) is 0.710. The molecule has 0 spiro atoms. The number of hydrogen-bond acceptors (Lipinski definition) is 2. The molecule has 0 amide bonds. The van der Waals surface area contributed by atoms with Crippen LogP contribution >= 0.6 is 11.6 Å². The van der Waals surface area contributed by atoms with Gasteiger partial charge in [-0.1, -0.05) is 41.9 Å². The highest BCUT2D eigenvalue weighted by Crippen LogP contribution is 2.51. The molecule has 3 rings (SSSR count). The lowest BCUT2D eigenvalue weighted by atomic mass is 9.85. The molecule has 2 nitrogen and oxygen atoms in total. The molecular weight excluding hydrogens is 256 g/mol. The molecule has 1 atom stereocenters. The van der Waals surface area contributed by atoms with Gasteiger partial charge in [0.05, 0.1) is 5.02 Å². The van der Waals surface area contributed by atoms with E-state index in [1.165, 1.54) is 18.4 Å². The summed E-state index contributed by atoms with van der Waals surface area (Å²) in [6.07, 6.45) is 6.60. The van der Waals surface area contributed by atoms with E-state index in [9.17, 15) is 0 Å². The fraction of sp³-hybridized carbons (Fsp3) is 0.312. The van der Waals surface area contributed by atoms with Gasteiger partial charge in [-0.3, -0.25) is 4.98 Å². The van der Waals surface area contributed by atoms with Gasteiger partial charge >= 0.3 is 0 Å². The maximum absolute atomic E-state index is 6.47. The van der Waals surface area contributed by atoms with Crippen LogP contribution < -0.4 is 5.73 Å². The van der Waals surface area contributed by atoms with Gasteiger partial charge in [0.2, 0.25) is 0 Å². The van der Waals surface area contributed by atoms with Crippen LogP contribution in [0.5, 0.6) is 0 Å².